The van der Waals surface area contributed by atoms with E-state index >= 15 is 0 Å². The van der Waals surface area contributed by atoms with Gasteiger partial charge in [0.2, 0.25) is 5.37 Å². The molecule has 2 aliphatic rings. The first-order valence-corrected chi connectivity index (χ1v) is 11.6. The molecule has 2 aromatic carbocycles. The summed E-state index contributed by atoms with van der Waals surface area (Å²) in [5.41, 5.74) is -0.141. The molecule has 2 amide bonds. The zero-order chi connectivity index (χ0) is 25.1. The van der Waals surface area contributed by atoms with Gasteiger partial charge >= 0.3 is 5.97 Å². The normalized spacial score (nSPS) is 21.0. The highest BCUT2D eigenvalue weighted by atomic mass is 32.2. The fraction of sp³-hybridized carbons (Fsp3) is 0.227. The van der Waals surface area contributed by atoms with Gasteiger partial charge in [-0.05, 0) is 41.0 Å². The van der Waals surface area contributed by atoms with Crippen molar-refractivity contribution in [3.8, 4) is 5.75 Å². The van der Waals surface area contributed by atoms with Crippen molar-refractivity contribution < 1.29 is 38.4 Å². The highest BCUT2D eigenvalue weighted by molar-refractivity contribution is 7.92. The zero-order valence-corrected chi connectivity index (χ0v) is 18.8. The molecular formula is C22H19N3O9S. The number of benzene rings is 2. The van der Waals surface area contributed by atoms with E-state index in [2.05, 4.69) is 5.32 Å². The Morgan fingerprint density at radius 3 is 2.51 bits per heavy atom. The minimum absolute atomic E-state index is 0.133. The number of aliphatic hydroxyl groups is 1. The number of β-lactam (4-membered cyclic amide) rings is 1. The second-order valence-electron chi connectivity index (χ2n) is 7.57. The van der Waals surface area contributed by atoms with Gasteiger partial charge in [-0.3, -0.25) is 24.6 Å². The van der Waals surface area contributed by atoms with E-state index in [0.717, 1.165) is 4.90 Å². The monoisotopic (exact) mass is 501 g/mol. The topological polar surface area (TPSA) is 171 Å². The van der Waals surface area contributed by atoms with Crippen LogP contribution in [0.2, 0.25) is 0 Å². The van der Waals surface area contributed by atoms with Crippen molar-refractivity contribution >= 4 is 34.6 Å². The standard InChI is InChI=1S/C22H19N3O9S/c26-16-12-35(32)21-18(23-17(27)11-33-15-4-2-1-3-5-15)20(28)24(21)19(16)22(29)34-10-13-6-8-14(9-7-13)25(30)31/h1-9,18,21,26H,10-12H2,(H,23,27)/t18?,21-,35-/m0/s1. The van der Waals surface area contributed by atoms with Crippen LogP contribution >= 0.6 is 0 Å². The molecule has 1 fully saturated rings. The average molecular weight is 501 g/mol. The third-order valence-corrected chi connectivity index (χ3v) is 6.83. The lowest BCUT2D eigenvalue weighted by molar-refractivity contribution is -0.384. The molecule has 4 rings (SSSR count). The maximum absolute atomic E-state index is 12.7. The van der Waals surface area contributed by atoms with Crippen LogP contribution in [-0.4, -0.2) is 61.0 Å². The SMILES string of the molecule is O=C(COc1ccccc1)NC1C(=O)N2C(C(=O)OCc3ccc([N+](=O)[O-])cc3)=C(O)C[S@+]([O-])[C@@H]12. The van der Waals surface area contributed by atoms with Crippen LogP contribution in [0.25, 0.3) is 0 Å². The van der Waals surface area contributed by atoms with Gasteiger partial charge < -0.3 is 24.4 Å². The van der Waals surface area contributed by atoms with Gasteiger partial charge in [-0.25, -0.2) is 4.79 Å². The van der Waals surface area contributed by atoms with E-state index in [4.69, 9.17) is 9.47 Å². The third-order valence-electron chi connectivity index (χ3n) is 5.25. The number of non-ortho nitro benzene ring substituents is 1. The summed E-state index contributed by atoms with van der Waals surface area (Å²) in [5.74, 6) is -2.90. The van der Waals surface area contributed by atoms with Crippen LogP contribution < -0.4 is 10.1 Å². The molecule has 0 aromatic heterocycles. The van der Waals surface area contributed by atoms with E-state index in [1.54, 1.807) is 30.3 Å². The number of rotatable bonds is 8. The molecule has 182 valence electrons. The van der Waals surface area contributed by atoms with Gasteiger partial charge in [0, 0.05) is 12.1 Å². The smallest absolute Gasteiger partial charge is 0.359 e. The van der Waals surface area contributed by atoms with Gasteiger partial charge in [-0.15, -0.1) is 0 Å². The molecule has 2 aliphatic heterocycles. The molecule has 0 aliphatic carbocycles. The molecule has 0 saturated carbocycles. The van der Waals surface area contributed by atoms with Crippen molar-refractivity contribution in [3.05, 3.63) is 81.7 Å². The van der Waals surface area contributed by atoms with Gasteiger partial charge in [0.15, 0.2) is 29.9 Å². The fourth-order valence-electron chi connectivity index (χ4n) is 3.56. The van der Waals surface area contributed by atoms with E-state index in [0.29, 0.717) is 11.3 Å². The maximum atomic E-state index is 12.7. The van der Waals surface area contributed by atoms with Gasteiger partial charge in [0.25, 0.3) is 17.5 Å². The van der Waals surface area contributed by atoms with Crippen molar-refractivity contribution in [1.82, 2.24) is 10.2 Å². The first-order chi connectivity index (χ1) is 16.8. The number of aliphatic hydroxyl groups excluding tert-OH is 1. The Labute approximate surface area is 201 Å². The molecule has 1 unspecified atom stereocenters. The minimum atomic E-state index is -1.78. The average Bonchev–Trinajstić information content (AvgIpc) is 2.85. The predicted octanol–water partition coefficient (Wildman–Crippen LogP) is 0.902. The van der Waals surface area contributed by atoms with Gasteiger partial charge in [-0.2, -0.15) is 0 Å². The Morgan fingerprint density at radius 1 is 1.17 bits per heavy atom. The number of carbonyl (C=O) groups is 3. The number of nitro benzene ring substituents is 1. The van der Waals surface area contributed by atoms with Crippen LogP contribution in [0.1, 0.15) is 5.56 Å². The molecule has 0 spiro atoms. The van der Waals surface area contributed by atoms with Crippen LogP contribution in [0.15, 0.2) is 66.1 Å². The second-order valence-corrected chi connectivity index (χ2v) is 9.10. The van der Waals surface area contributed by atoms with Crippen molar-refractivity contribution in [2.45, 2.75) is 18.0 Å². The number of amides is 2. The number of carbonyl (C=O) groups excluding carboxylic acids is 3. The Morgan fingerprint density at radius 2 is 1.86 bits per heavy atom. The molecule has 0 bridgehead atoms. The third kappa shape index (κ3) is 5.05. The Hall–Kier alpha value is -4.10. The number of nitrogens with zero attached hydrogens (tertiary/aromatic N) is 2. The number of esters is 1. The largest absolute Gasteiger partial charge is 0.614 e. The second kappa shape index (κ2) is 10.0. The van der Waals surface area contributed by atoms with E-state index in [-0.39, 0.29) is 18.9 Å². The number of fused-ring (bicyclic) bond motifs is 1. The molecule has 1 saturated heterocycles. The minimum Gasteiger partial charge on any atom is -0.614 e. The molecule has 2 N–H and O–H groups in total. The van der Waals surface area contributed by atoms with Crippen LogP contribution in [0, 0.1) is 10.1 Å². The first kappa shape index (κ1) is 24.0. The number of ether oxygens (including phenoxy) is 2. The van der Waals surface area contributed by atoms with E-state index in [1.807, 2.05) is 0 Å². The van der Waals surface area contributed by atoms with Crippen LogP contribution in [0.3, 0.4) is 0 Å². The number of para-hydroxylation sites is 1. The van der Waals surface area contributed by atoms with Crippen molar-refractivity contribution in [3.63, 3.8) is 0 Å². The highest BCUT2D eigenvalue weighted by Crippen LogP contribution is 2.36. The van der Waals surface area contributed by atoms with Crippen molar-refractivity contribution in [2.24, 2.45) is 0 Å². The van der Waals surface area contributed by atoms with Crippen LogP contribution in [0.5, 0.6) is 5.75 Å². The summed E-state index contributed by atoms with van der Waals surface area (Å²) >= 11 is -1.78. The van der Waals surface area contributed by atoms with Crippen LogP contribution in [-0.2, 0) is 36.9 Å². The van der Waals surface area contributed by atoms with E-state index in [1.165, 1.54) is 24.3 Å². The Bertz CT molecular complexity index is 1190. The highest BCUT2D eigenvalue weighted by Gasteiger charge is 2.61. The molecule has 35 heavy (non-hydrogen) atoms. The van der Waals surface area contributed by atoms with Crippen molar-refractivity contribution in [2.75, 3.05) is 12.4 Å². The summed E-state index contributed by atoms with van der Waals surface area (Å²) in [6.07, 6.45) is 0. The number of hydrogen-bond acceptors (Lipinski definition) is 9. The lowest BCUT2D eigenvalue weighted by atomic mass is 10.0. The summed E-state index contributed by atoms with van der Waals surface area (Å²) in [5, 5.41) is 22.4. The molecule has 2 aromatic rings. The Kier molecular flexibility index (Phi) is 6.89. The predicted molar refractivity (Wildman–Crippen MR) is 120 cm³/mol. The lowest BCUT2D eigenvalue weighted by Crippen LogP contribution is -2.75. The Balaban J connectivity index is 1.38. The quantitative estimate of drug-likeness (QED) is 0.175. The summed E-state index contributed by atoms with van der Waals surface area (Å²) in [6.45, 7) is -0.654. The fourth-order valence-corrected chi connectivity index (χ4v) is 5.07. The van der Waals surface area contributed by atoms with Gasteiger partial charge in [0.05, 0.1) is 4.92 Å². The summed E-state index contributed by atoms with van der Waals surface area (Å²) in [4.78, 5) is 48.6. The molecular weight excluding hydrogens is 482 g/mol. The molecule has 0 radical (unpaired) electrons. The van der Waals surface area contributed by atoms with Gasteiger partial charge in [-0.1, -0.05) is 18.2 Å². The summed E-state index contributed by atoms with van der Waals surface area (Å²) in [6, 6.07) is 12.7. The van der Waals surface area contributed by atoms with Crippen LogP contribution in [0.4, 0.5) is 5.69 Å². The number of hydrogen-bond donors (Lipinski definition) is 2. The summed E-state index contributed by atoms with van der Waals surface area (Å²) in [7, 11) is 0. The first-order valence-electron chi connectivity index (χ1n) is 10.3. The lowest BCUT2D eigenvalue weighted by Gasteiger charge is -2.48. The number of nitrogens with one attached hydrogen (secondary N) is 1. The summed E-state index contributed by atoms with van der Waals surface area (Å²) < 4.78 is 23.0. The van der Waals surface area contributed by atoms with Gasteiger partial charge in [0.1, 0.15) is 12.4 Å². The molecule has 3 atom stereocenters. The van der Waals surface area contributed by atoms with Crippen molar-refractivity contribution in [1.29, 1.82) is 0 Å². The number of nitro groups is 1. The van der Waals surface area contributed by atoms with E-state index < -0.39 is 62.5 Å². The molecule has 13 heteroatoms. The molecule has 12 nitrogen and oxygen atoms in total. The maximum Gasteiger partial charge on any atom is 0.359 e. The molecule has 2 heterocycles. The zero-order valence-electron chi connectivity index (χ0n) is 18.0. The van der Waals surface area contributed by atoms with E-state index in [9.17, 15) is 34.2 Å².